The number of rotatable bonds is 4. The van der Waals surface area contributed by atoms with E-state index >= 15 is 0 Å². The zero-order chi connectivity index (χ0) is 18.2. The summed E-state index contributed by atoms with van der Waals surface area (Å²) in [5, 5.41) is -0.667. The van der Waals surface area contributed by atoms with Crippen LogP contribution in [-0.4, -0.2) is 39.5 Å². The minimum atomic E-state index is -3.60. The van der Waals surface area contributed by atoms with E-state index in [0.29, 0.717) is 0 Å². The molecule has 10 heteroatoms. The molecule has 1 saturated heterocycles. The van der Waals surface area contributed by atoms with Gasteiger partial charge in [0, 0.05) is 13.1 Å². The molecule has 25 heavy (non-hydrogen) atoms. The summed E-state index contributed by atoms with van der Waals surface area (Å²) >= 11 is 4.37. The summed E-state index contributed by atoms with van der Waals surface area (Å²) in [6.45, 7) is 0.284. The molecule has 0 atom stereocenters. The van der Waals surface area contributed by atoms with E-state index in [0.717, 1.165) is 27.3 Å². The van der Waals surface area contributed by atoms with Crippen molar-refractivity contribution in [1.29, 1.82) is 0 Å². The summed E-state index contributed by atoms with van der Waals surface area (Å²) < 4.78 is 65.7. The zero-order valence-corrected chi connectivity index (χ0v) is 17.0. The van der Waals surface area contributed by atoms with Crippen LogP contribution in [0, 0.1) is 5.82 Å². The number of hydrogen-bond donors (Lipinski definition) is 0. The quantitative estimate of drug-likeness (QED) is 0.646. The molecule has 1 aliphatic heterocycles. The van der Waals surface area contributed by atoms with Crippen molar-refractivity contribution >= 4 is 47.1 Å². The minimum absolute atomic E-state index is 0.0670. The van der Waals surface area contributed by atoms with Crippen LogP contribution < -0.4 is 0 Å². The van der Waals surface area contributed by atoms with E-state index in [1.807, 2.05) is 0 Å². The Morgan fingerprint density at radius 3 is 2.12 bits per heavy atom. The van der Waals surface area contributed by atoms with Crippen LogP contribution in [0.15, 0.2) is 49.3 Å². The fraction of sp³-hybridized carbons (Fsp3) is 0.333. The Hall–Kier alpha value is -0.810. The molecule has 1 aliphatic rings. The van der Waals surface area contributed by atoms with Crippen LogP contribution in [0.4, 0.5) is 4.39 Å². The second-order valence-electron chi connectivity index (χ2n) is 5.66. The first-order valence-electron chi connectivity index (χ1n) is 7.46. The fourth-order valence-electron chi connectivity index (χ4n) is 2.76. The lowest BCUT2D eigenvalue weighted by molar-refractivity contribution is 0.346. The van der Waals surface area contributed by atoms with E-state index in [9.17, 15) is 21.2 Å². The molecule has 0 unspecified atom stereocenters. The highest BCUT2D eigenvalue weighted by molar-refractivity contribution is 9.11. The minimum Gasteiger partial charge on any atom is -0.223 e. The van der Waals surface area contributed by atoms with Gasteiger partial charge in [-0.1, -0.05) is 0 Å². The summed E-state index contributed by atoms with van der Waals surface area (Å²) in [6.07, 6.45) is 0.428. The first-order chi connectivity index (χ1) is 11.7. The molecule has 136 valence electrons. The SMILES string of the molecule is O=S(=O)(c1ccc(F)cc1)C1CCN(S(=O)(=O)c2ccc(Br)s2)CC1. The maximum absolute atomic E-state index is 13.0. The zero-order valence-electron chi connectivity index (χ0n) is 12.9. The van der Waals surface area contributed by atoms with E-state index in [1.54, 1.807) is 6.07 Å². The number of sulfonamides is 1. The smallest absolute Gasteiger partial charge is 0.223 e. The average Bonchev–Trinajstić information content (AvgIpc) is 3.03. The second kappa shape index (κ2) is 7.07. The lowest BCUT2D eigenvalue weighted by atomic mass is 10.2. The number of halogens is 2. The third-order valence-electron chi connectivity index (χ3n) is 4.12. The Labute approximate surface area is 158 Å². The molecule has 0 bridgehead atoms. The highest BCUT2D eigenvalue weighted by atomic mass is 79.9. The Balaban J connectivity index is 1.74. The van der Waals surface area contributed by atoms with Gasteiger partial charge in [-0.05, 0) is 65.2 Å². The van der Waals surface area contributed by atoms with Gasteiger partial charge in [0.05, 0.1) is 13.9 Å². The highest BCUT2D eigenvalue weighted by Crippen LogP contribution is 2.31. The second-order valence-corrected chi connectivity index (χ2v) is 12.5. The third kappa shape index (κ3) is 3.82. The third-order valence-corrected chi connectivity index (χ3v) is 10.4. The van der Waals surface area contributed by atoms with Gasteiger partial charge < -0.3 is 0 Å². The van der Waals surface area contributed by atoms with Gasteiger partial charge in [-0.25, -0.2) is 21.2 Å². The summed E-state index contributed by atoms with van der Waals surface area (Å²) in [5.74, 6) is -0.498. The molecule has 2 heterocycles. The Morgan fingerprint density at radius 1 is 1.00 bits per heavy atom. The van der Waals surface area contributed by atoms with E-state index in [2.05, 4.69) is 15.9 Å². The standard InChI is InChI=1S/C15H15BrFNO4S3/c16-14-5-6-15(23-14)25(21,22)18-9-7-13(8-10-18)24(19,20)12-3-1-11(17)2-4-12/h1-6,13H,7-10H2. The van der Waals surface area contributed by atoms with Gasteiger partial charge >= 0.3 is 0 Å². The summed E-state index contributed by atoms with van der Waals surface area (Å²) in [6, 6.07) is 7.92. The van der Waals surface area contributed by atoms with Crippen LogP contribution in [0.1, 0.15) is 12.8 Å². The van der Waals surface area contributed by atoms with Crippen molar-refractivity contribution in [3.05, 3.63) is 46.0 Å². The molecule has 0 radical (unpaired) electrons. The van der Waals surface area contributed by atoms with E-state index < -0.39 is 30.9 Å². The molecule has 0 spiro atoms. The molecule has 0 aliphatic carbocycles. The largest absolute Gasteiger partial charge is 0.252 e. The number of hydrogen-bond acceptors (Lipinski definition) is 5. The van der Waals surface area contributed by atoms with Crippen LogP contribution in [0.5, 0.6) is 0 Å². The van der Waals surface area contributed by atoms with Crippen LogP contribution in [0.2, 0.25) is 0 Å². The Morgan fingerprint density at radius 2 is 1.60 bits per heavy atom. The molecule has 0 N–H and O–H groups in total. The molecule has 5 nitrogen and oxygen atoms in total. The molecule has 3 rings (SSSR count). The van der Waals surface area contributed by atoms with Crippen molar-refractivity contribution in [2.45, 2.75) is 27.2 Å². The van der Waals surface area contributed by atoms with Crippen LogP contribution in [-0.2, 0) is 19.9 Å². The van der Waals surface area contributed by atoms with Gasteiger partial charge in [0.1, 0.15) is 10.0 Å². The van der Waals surface area contributed by atoms with Crippen molar-refractivity contribution in [3.8, 4) is 0 Å². The lowest BCUT2D eigenvalue weighted by Crippen LogP contribution is -2.42. The van der Waals surface area contributed by atoms with E-state index in [4.69, 9.17) is 0 Å². The van der Waals surface area contributed by atoms with E-state index in [-0.39, 0.29) is 35.0 Å². The fourth-order valence-corrected chi connectivity index (χ4v) is 8.13. The van der Waals surface area contributed by atoms with Crippen molar-refractivity contribution in [1.82, 2.24) is 4.31 Å². The molecule has 0 amide bonds. The number of benzene rings is 1. The van der Waals surface area contributed by atoms with Gasteiger partial charge in [0.2, 0.25) is 0 Å². The average molecular weight is 468 g/mol. The predicted molar refractivity (Wildman–Crippen MR) is 97.4 cm³/mol. The number of nitrogens with zero attached hydrogens (tertiary/aromatic N) is 1. The maximum atomic E-state index is 13.0. The molecule has 0 saturated carbocycles. The van der Waals surface area contributed by atoms with Gasteiger partial charge in [-0.2, -0.15) is 4.31 Å². The van der Waals surface area contributed by atoms with Gasteiger partial charge in [-0.15, -0.1) is 11.3 Å². The Kier molecular flexibility index (Phi) is 5.36. The van der Waals surface area contributed by atoms with Crippen LogP contribution in [0.25, 0.3) is 0 Å². The topological polar surface area (TPSA) is 71.5 Å². The molecule has 1 fully saturated rings. The predicted octanol–water partition coefficient (Wildman–Crippen LogP) is 3.28. The highest BCUT2D eigenvalue weighted by Gasteiger charge is 2.36. The first kappa shape index (κ1) is 19.0. The van der Waals surface area contributed by atoms with Gasteiger partial charge in [-0.3, -0.25) is 0 Å². The first-order valence-corrected chi connectivity index (χ1v) is 12.1. The van der Waals surface area contributed by atoms with Crippen LogP contribution >= 0.6 is 27.3 Å². The normalized spacial score (nSPS) is 17.7. The van der Waals surface area contributed by atoms with E-state index in [1.165, 1.54) is 22.5 Å². The molecular formula is C15H15BrFNO4S3. The number of sulfone groups is 1. The molecule has 2 aromatic rings. The van der Waals surface area contributed by atoms with Crippen LogP contribution in [0.3, 0.4) is 0 Å². The summed E-state index contributed by atoms with van der Waals surface area (Å²) in [4.78, 5) is 0.0670. The van der Waals surface area contributed by atoms with Crippen molar-refractivity contribution in [3.63, 3.8) is 0 Å². The van der Waals surface area contributed by atoms with Gasteiger partial charge in [0.15, 0.2) is 9.84 Å². The molecule has 1 aromatic carbocycles. The number of thiophene rings is 1. The monoisotopic (exact) mass is 467 g/mol. The number of piperidine rings is 1. The van der Waals surface area contributed by atoms with Crippen molar-refractivity contribution < 1.29 is 21.2 Å². The Bertz CT molecular complexity index is 962. The summed E-state index contributed by atoms with van der Waals surface area (Å²) in [5.41, 5.74) is 0. The van der Waals surface area contributed by atoms with Crippen molar-refractivity contribution in [2.75, 3.05) is 13.1 Å². The maximum Gasteiger partial charge on any atom is 0.252 e. The van der Waals surface area contributed by atoms with Gasteiger partial charge in [0.25, 0.3) is 10.0 Å². The lowest BCUT2D eigenvalue weighted by Gasteiger charge is -2.30. The molecule has 1 aromatic heterocycles. The van der Waals surface area contributed by atoms with Crippen molar-refractivity contribution in [2.24, 2.45) is 0 Å². The summed E-state index contributed by atoms with van der Waals surface area (Å²) in [7, 11) is -7.20. The molecular weight excluding hydrogens is 453 g/mol.